The largest absolute Gasteiger partial charge is 0.496 e. The van der Waals surface area contributed by atoms with E-state index < -0.39 is 0 Å². The third-order valence-corrected chi connectivity index (χ3v) is 4.73. The van der Waals surface area contributed by atoms with Crippen LogP contribution in [0.3, 0.4) is 0 Å². The monoisotopic (exact) mass is 363 g/mol. The predicted octanol–water partition coefficient (Wildman–Crippen LogP) is 2.95. The Balaban J connectivity index is 2.13. The molecule has 1 N–H and O–H groups in total. The van der Waals surface area contributed by atoms with Gasteiger partial charge in [-0.25, -0.2) is 0 Å². The first-order valence-electron chi connectivity index (χ1n) is 9.45. The van der Waals surface area contributed by atoms with Gasteiger partial charge in [0.2, 0.25) is 0 Å². The number of nitrogens with one attached hydrogen (secondary N) is 1. The van der Waals surface area contributed by atoms with Crippen LogP contribution in [-0.2, 0) is 6.42 Å². The highest BCUT2D eigenvalue weighted by atomic mass is 16.5. The molecule has 0 radical (unpaired) electrons. The van der Waals surface area contributed by atoms with Crippen LogP contribution in [0.1, 0.15) is 32.3 Å². The molecule has 0 aliphatic carbocycles. The van der Waals surface area contributed by atoms with E-state index in [-0.39, 0.29) is 0 Å². The summed E-state index contributed by atoms with van der Waals surface area (Å²) in [6, 6.07) is 3.78. The Labute approximate surface area is 157 Å². The standard InChI is InChI=1S/C20H33N3O3/c1-6-21-20(23-11-7-8-15(2)14-23)22-10-9-17-18(25-4)12-16(24-3)13-19(17)26-5/h12-13,15H,6-11,14H2,1-5H3,(H,21,22). The van der Waals surface area contributed by atoms with Crippen molar-refractivity contribution in [2.45, 2.75) is 33.1 Å². The van der Waals surface area contributed by atoms with Crippen LogP contribution in [0.5, 0.6) is 17.2 Å². The van der Waals surface area contributed by atoms with Gasteiger partial charge >= 0.3 is 0 Å². The van der Waals surface area contributed by atoms with Crippen molar-refractivity contribution in [3.05, 3.63) is 17.7 Å². The van der Waals surface area contributed by atoms with Gasteiger partial charge in [-0.1, -0.05) is 6.92 Å². The number of guanidine groups is 1. The third-order valence-electron chi connectivity index (χ3n) is 4.73. The number of methoxy groups -OCH3 is 3. The lowest BCUT2D eigenvalue weighted by atomic mass is 10.0. The Hall–Kier alpha value is -2.11. The molecule has 2 rings (SSSR count). The van der Waals surface area contributed by atoms with Gasteiger partial charge in [-0.3, -0.25) is 4.99 Å². The van der Waals surface area contributed by atoms with Gasteiger partial charge in [-0.15, -0.1) is 0 Å². The van der Waals surface area contributed by atoms with Gasteiger partial charge in [-0.05, 0) is 32.1 Å². The summed E-state index contributed by atoms with van der Waals surface area (Å²) in [5.74, 6) is 3.99. The molecule has 1 atom stereocenters. The number of aliphatic imine (C=N–C) groups is 1. The number of likely N-dealkylation sites (tertiary alicyclic amines) is 1. The molecule has 1 unspecified atom stereocenters. The summed E-state index contributed by atoms with van der Waals surface area (Å²) in [4.78, 5) is 7.22. The molecule has 26 heavy (non-hydrogen) atoms. The van der Waals surface area contributed by atoms with Crippen LogP contribution < -0.4 is 19.5 Å². The van der Waals surface area contributed by atoms with Crippen molar-refractivity contribution in [3.63, 3.8) is 0 Å². The normalized spacial score (nSPS) is 17.8. The Bertz CT molecular complexity index is 579. The Morgan fingerprint density at radius 3 is 2.42 bits per heavy atom. The van der Waals surface area contributed by atoms with E-state index in [9.17, 15) is 0 Å². The molecule has 0 amide bonds. The van der Waals surface area contributed by atoms with E-state index in [4.69, 9.17) is 19.2 Å². The van der Waals surface area contributed by atoms with Crippen molar-refractivity contribution in [3.8, 4) is 17.2 Å². The van der Waals surface area contributed by atoms with Crippen molar-refractivity contribution >= 4 is 5.96 Å². The maximum Gasteiger partial charge on any atom is 0.193 e. The zero-order valence-corrected chi connectivity index (χ0v) is 16.8. The van der Waals surface area contributed by atoms with Crippen LogP contribution in [0.4, 0.5) is 0 Å². The molecule has 0 bridgehead atoms. The maximum atomic E-state index is 5.53. The average molecular weight is 364 g/mol. The minimum atomic E-state index is 0.673. The second-order valence-corrected chi connectivity index (χ2v) is 6.69. The predicted molar refractivity (Wildman–Crippen MR) is 106 cm³/mol. The van der Waals surface area contributed by atoms with Crippen LogP contribution in [-0.4, -0.2) is 58.4 Å². The summed E-state index contributed by atoms with van der Waals surface area (Å²) in [6.07, 6.45) is 3.27. The molecule has 0 spiro atoms. The van der Waals surface area contributed by atoms with Crippen LogP contribution in [0.25, 0.3) is 0 Å². The highest BCUT2D eigenvalue weighted by Gasteiger charge is 2.19. The zero-order valence-electron chi connectivity index (χ0n) is 16.8. The molecule has 1 saturated heterocycles. The minimum absolute atomic E-state index is 0.673. The van der Waals surface area contributed by atoms with Crippen molar-refractivity contribution in [1.29, 1.82) is 0 Å². The molecular formula is C20H33N3O3. The number of hydrogen-bond donors (Lipinski definition) is 1. The van der Waals surface area contributed by atoms with E-state index in [2.05, 4.69) is 24.1 Å². The highest BCUT2D eigenvalue weighted by molar-refractivity contribution is 5.80. The van der Waals surface area contributed by atoms with E-state index in [1.807, 2.05) is 12.1 Å². The van der Waals surface area contributed by atoms with Gasteiger partial charge in [-0.2, -0.15) is 0 Å². The molecule has 1 aliphatic rings. The van der Waals surface area contributed by atoms with E-state index in [1.165, 1.54) is 12.8 Å². The molecule has 0 saturated carbocycles. The first-order valence-corrected chi connectivity index (χ1v) is 9.45. The van der Waals surface area contributed by atoms with Gasteiger partial charge in [0.25, 0.3) is 0 Å². The van der Waals surface area contributed by atoms with Crippen LogP contribution in [0.2, 0.25) is 0 Å². The Kier molecular flexibility index (Phi) is 7.88. The quantitative estimate of drug-likeness (QED) is 0.596. The van der Waals surface area contributed by atoms with Crippen molar-refractivity contribution in [2.24, 2.45) is 10.9 Å². The summed E-state index contributed by atoms with van der Waals surface area (Å²) in [7, 11) is 4.97. The Morgan fingerprint density at radius 2 is 1.88 bits per heavy atom. The molecule has 1 heterocycles. The molecular weight excluding hydrogens is 330 g/mol. The van der Waals surface area contributed by atoms with Gasteiger partial charge in [0.1, 0.15) is 17.2 Å². The number of benzene rings is 1. The number of piperidine rings is 1. The Morgan fingerprint density at radius 1 is 1.19 bits per heavy atom. The lowest BCUT2D eigenvalue weighted by Crippen LogP contribution is -2.46. The topological polar surface area (TPSA) is 55.3 Å². The fourth-order valence-corrected chi connectivity index (χ4v) is 3.41. The third kappa shape index (κ3) is 5.19. The summed E-state index contributed by atoms with van der Waals surface area (Å²) in [6.45, 7) is 8.11. The summed E-state index contributed by atoms with van der Waals surface area (Å²) in [5.41, 5.74) is 1.02. The fourth-order valence-electron chi connectivity index (χ4n) is 3.41. The maximum absolute atomic E-state index is 5.53. The summed E-state index contributed by atoms with van der Waals surface area (Å²) in [5, 5.41) is 3.43. The molecule has 1 fully saturated rings. The van der Waals surface area contributed by atoms with E-state index in [0.29, 0.717) is 6.54 Å². The molecule has 6 heteroatoms. The molecule has 6 nitrogen and oxygen atoms in total. The number of hydrogen-bond acceptors (Lipinski definition) is 4. The lowest BCUT2D eigenvalue weighted by Gasteiger charge is -2.33. The average Bonchev–Trinajstić information content (AvgIpc) is 2.66. The molecule has 146 valence electrons. The number of nitrogens with zero attached hydrogens (tertiary/aromatic N) is 2. The summed E-state index contributed by atoms with van der Waals surface area (Å²) < 4.78 is 16.4. The molecule has 1 aromatic rings. The SMILES string of the molecule is CCNC(=NCCc1c(OC)cc(OC)cc1OC)N1CCCC(C)C1. The van der Waals surface area contributed by atoms with Crippen molar-refractivity contribution < 1.29 is 14.2 Å². The van der Waals surface area contributed by atoms with E-state index in [1.54, 1.807) is 21.3 Å². The second kappa shape index (κ2) is 10.1. The van der Waals surface area contributed by atoms with Crippen LogP contribution in [0.15, 0.2) is 17.1 Å². The smallest absolute Gasteiger partial charge is 0.193 e. The second-order valence-electron chi connectivity index (χ2n) is 6.69. The first kappa shape index (κ1) is 20.2. The van der Waals surface area contributed by atoms with Gasteiger partial charge in [0.05, 0.1) is 21.3 Å². The minimum Gasteiger partial charge on any atom is -0.496 e. The first-order chi connectivity index (χ1) is 12.6. The van der Waals surface area contributed by atoms with Gasteiger partial charge < -0.3 is 24.4 Å². The van der Waals surface area contributed by atoms with Crippen molar-refractivity contribution in [1.82, 2.24) is 10.2 Å². The van der Waals surface area contributed by atoms with Crippen LogP contribution in [0, 0.1) is 5.92 Å². The van der Waals surface area contributed by atoms with Gasteiger partial charge in [0.15, 0.2) is 5.96 Å². The number of rotatable bonds is 7. The van der Waals surface area contributed by atoms with Gasteiger partial charge in [0, 0.05) is 43.9 Å². The van der Waals surface area contributed by atoms with E-state index >= 15 is 0 Å². The number of ether oxygens (including phenoxy) is 3. The lowest BCUT2D eigenvalue weighted by molar-refractivity contribution is 0.266. The van der Waals surface area contributed by atoms with E-state index in [0.717, 1.165) is 60.7 Å². The molecule has 1 aromatic carbocycles. The highest BCUT2D eigenvalue weighted by Crippen LogP contribution is 2.34. The zero-order chi connectivity index (χ0) is 18.9. The molecule has 0 aromatic heterocycles. The molecule has 1 aliphatic heterocycles. The van der Waals surface area contributed by atoms with Crippen LogP contribution >= 0.6 is 0 Å². The summed E-state index contributed by atoms with van der Waals surface area (Å²) >= 11 is 0. The fraction of sp³-hybridized carbons (Fsp3) is 0.650. The van der Waals surface area contributed by atoms with Crippen molar-refractivity contribution in [2.75, 3.05) is 47.5 Å².